The summed E-state index contributed by atoms with van der Waals surface area (Å²) in [7, 11) is 0. The molecule has 1 amide bonds. The van der Waals surface area contributed by atoms with E-state index in [1.54, 1.807) is 0 Å². The summed E-state index contributed by atoms with van der Waals surface area (Å²) in [5, 5.41) is 0. The van der Waals surface area contributed by atoms with Crippen molar-refractivity contribution < 1.29 is 9.53 Å². The van der Waals surface area contributed by atoms with E-state index in [2.05, 4.69) is 0 Å². The van der Waals surface area contributed by atoms with Gasteiger partial charge in [0.15, 0.2) is 0 Å². The van der Waals surface area contributed by atoms with Gasteiger partial charge in [-0.05, 0) is 18.8 Å². The Bertz CT molecular complexity index is 214. The first-order chi connectivity index (χ1) is 6.75. The van der Waals surface area contributed by atoms with E-state index in [0.717, 1.165) is 32.7 Å². The third-order valence-electron chi connectivity index (χ3n) is 2.98. The summed E-state index contributed by atoms with van der Waals surface area (Å²) in [4.78, 5) is 13.4. The van der Waals surface area contributed by atoms with Gasteiger partial charge < -0.3 is 15.4 Å². The standard InChI is InChI=1S/C10H18N2O2/c11-9-4-10(13)12(6-9)5-8-2-1-3-14-7-8/h8-9H,1-7,11H2. The molecule has 0 saturated carbocycles. The van der Waals surface area contributed by atoms with E-state index in [1.165, 1.54) is 6.42 Å². The number of hydrogen-bond acceptors (Lipinski definition) is 3. The highest BCUT2D eigenvalue weighted by Gasteiger charge is 2.29. The number of nitrogens with two attached hydrogens (primary N) is 1. The van der Waals surface area contributed by atoms with Gasteiger partial charge in [0.2, 0.25) is 5.91 Å². The molecule has 0 aromatic heterocycles. The van der Waals surface area contributed by atoms with Gasteiger partial charge in [0.1, 0.15) is 0 Å². The molecule has 0 spiro atoms. The Hall–Kier alpha value is -0.610. The maximum Gasteiger partial charge on any atom is 0.224 e. The molecule has 2 aliphatic heterocycles. The minimum atomic E-state index is 0.0482. The van der Waals surface area contributed by atoms with Crippen molar-refractivity contribution >= 4 is 5.91 Å². The monoisotopic (exact) mass is 198 g/mol. The maximum atomic E-state index is 11.5. The molecule has 2 atom stereocenters. The van der Waals surface area contributed by atoms with Crippen LogP contribution in [-0.2, 0) is 9.53 Å². The van der Waals surface area contributed by atoms with Gasteiger partial charge in [-0.1, -0.05) is 0 Å². The van der Waals surface area contributed by atoms with Crippen LogP contribution in [0.2, 0.25) is 0 Å². The first-order valence-electron chi connectivity index (χ1n) is 5.37. The van der Waals surface area contributed by atoms with Crippen molar-refractivity contribution in [3.05, 3.63) is 0 Å². The predicted octanol–water partition coefficient (Wildman–Crippen LogP) is -0.0274. The molecule has 2 unspecified atom stereocenters. The number of rotatable bonds is 2. The lowest BCUT2D eigenvalue weighted by atomic mass is 10.0. The third-order valence-corrected chi connectivity index (χ3v) is 2.98. The van der Waals surface area contributed by atoms with Crippen LogP contribution in [0.25, 0.3) is 0 Å². The average Bonchev–Trinajstić information content (AvgIpc) is 2.47. The number of carbonyl (C=O) groups is 1. The number of amides is 1. The van der Waals surface area contributed by atoms with Crippen molar-refractivity contribution in [1.82, 2.24) is 4.90 Å². The third kappa shape index (κ3) is 2.25. The van der Waals surface area contributed by atoms with Crippen molar-refractivity contribution in [2.24, 2.45) is 11.7 Å². The number of nitrogens with zero attached hydrogens (tertiary/aromatic N) is 1. The molecule has 14 heavy (non-hydrogen) atoms. The van der Waals surface area contributed by atoms with Crippen molar-refractivity contribution in [3.63, 3.8) is 0 Å². The Morgan fingerprint density at radius 1 is 1.57 bits per heavy atom. The maximum absolute atomic E-state index is 11.5. The van der Waals surface area contributed by atoms with Crippen LogP contribution >= 0.6 is 0 Å². The second kappa shape index (κ2) is 4.28. The molecule has 0 radical (unpaired) electrons. The number of ether oxygens (including phenoxy) is 1. The number of hydrogen-bond donors (Lipinski definition) is 1. The van der Waals surface area contributed by atoms with Crippen molar-refractivity contribution in [2.75, 3.05) is 26.3 Å². The molecule has 2 aliphatic rings. The lowest BCUT2D eigenvalue weighted by Crippen LogP contribution is -2.35. The topological polar surface area (TPSA) is 55.6 Å². The molecule has 2 fully saturated rings. The zero-order valence-electron chi connectivity index (χ0n) is 8.45. The molecule has 2 N–H and O–H groups in total. The summed E-state index contributed by atoms with van der Waals surface area (Å²) in [6.07, 6.45) is 2.82. The van der Waals surface area contributed by atoms with Crippen molar-refractivity contribution in [2.45, 2.75) is 25.3 Å². The first kappa shape index (κ1) is 9.93. The van der Waals surface area contributed by atoms with Gasteiger partial charge >= 0.3 is 0 Å². The minimum absolute atomic E-state index is 0.0482. The van der Waals surface area contributed by atoms with Crippen LogP contribution in [0.15, 0.2) is 0 Å². The number of carbonyl (C=O) groups excluding carboxylic acids is 1. The van der Waals surface area contributed by atoms with E-state index in [1.807, 2.05) is 4.90 Å². The fourth-order valence-corrected chi connectivity index (χ4v) is 2.24. The summed E-state index contributed by atoms with van der Waals surface area (Å²) < 4.78 is 5.39. The van der Waals surface area contributed by atoms with Crippen LogP contribution in [0.3, 0.4) is 0 Å². The van der Waals surface area contributed by atoms with Gasteiger partial charge in [-0.15, -0.1) is 0 Å². The van der Waals surface area contributed by atoms with Gasteiger partial charge in [0.05, 0.1) is 6.61 Å². The molecule has 2 saturated heterocycles. The Morgan fingerprint density at radius 3 is 3.00 bits per heavy atom. The summed E-state index contributed by atoms with van der Waals surface area (Å²) in [5.41, 5.74) is 5.73. The van der Waals surface area contributed by atoms with E-state index < -0.39 is 0 Å². The summed E-state index contributed by atoms with van der Waals surface area (Å²) in [6.45, 7) is 3.25. The molecule has 80 valence electrons. The number of likely N-dealkylation sites (tertiary alicyclic amines) is 1. The van der Waals surface area contributed by atoms with E-state index in [9.17, 15) is 4.79 Å². The smallest absolute Gasteiger partial charge is 0.224 e. The largest absolute Gasteiger partial charge is 0.381 e. The van der Waals surface area contributed by atoms with Crippen LogP contribution in [0, 0.1) is 5.92 Å². The van der Waals surface area contributed by atoms with Crippen LogP contribution in [0.4, 0.5) is 0 Å². The summed E-state index contributed by atoms with van der Waals surface area (Å²) >= 11 is 0. The molecular formula is C10H18N2O2. The quantitative estimate of drug-likeness (QED) is 0.678. The average molecular weight is 198 g/mol. The second-order valence-corrected chi connectivity index (χ2v) is 4.35. The Morgan fingerprint density at radius 2 is 2.43 bits per heavy atom. The SMILES string of the molecule is NC1CC(=O)N(CC2CCCOC2)C1. The van der Waals surface area contributed by atoms with Crippen LogP contribution in [-0.4, -0.2) is 43.2 Å². The van der Waals surface area contributed by atoms with E-state index >= 15 is 0 Å². The van der Waals surface area contributed by atoms with Crippen LogP contribution in [0.5, 0.6) is 0 Å². The highest BCUT2D eigenvalue weighted by atomic mass is 16.5. The predicted molar refractivity (Wildman–Crippen MR) is 52.7 cm³/mol. The van der Waals surface area contributed by atoms with Crippen molar-refractivity contribution in [1.29, 1.82) is 0 Å². The Labute approximate surface area is 84.4 Å². The molecular weight excluding hydrogens is 180 g/mol. The van der Waals surface area contributed by atoms with E-state index in [-0.39, 0.29) is 11.9 Å². The Kier molecular flexibility index (Phi) is 3.03. The molecule has 0 aromatic carbocycles. The lowest BCUT2D eigenvalue weighted by molar-refractivity contribution is -0.128. The fraction of sp³-hybridized carbons (Fsp3) is 0.900. The van der Waals surface area contributed by atoms with Gasteiger partial charge in [-0.25, -0.2) is 0 Å². The fourth-order valence-electron chi connectivity index (χ4n) is 2.24. The summed E-state index contributed by atoms with van der Waals surface area (Å²) in [5.74, 6) is 0.737. The molecule has 2 rings (SSSR count). The first-order valence-corrected chi connectivity index (χ1v) is 5.37. The van der Waals surface area contributed by atoms with Crippen LogP contribution in [0.1, 0.15) is 19.3 Å². The normalized spacial score (nSPS) is 33.8. The highest BCUT2D eigenvalue weighted by molar-refractivity contribution is 5.79. The van der Waals surface area contributed by atoms with Gasteiger partial charge in [-0.2, -0.15) is 0 Å². The minimum Gasteiger partial charge on any atom is -0.381 e. The highest BCUT2D eigenvalue weighted by Crippen LogP contribution is 2.18. The van der Waals surface area contributed by atoms with E-state index in [4.69, 9.17) is 10.5 Å². The lowest BCUT2D eigenvalue weighted by Gasteiger charge is -2.26. The zero-order valence-corrected chi connectivity index (χ0v) is 8.45. The molecule has 2 heterocycles. The van der Waals surface area contributed by atoms with Gasteiger partial charge in [0.25, 0.3) is 0 Å². The molecule has 0 aliphatic carbocycles. The van der Waals surface area contributed by atoms with Gasteiger partial charge in [-0.3, -0.25) is 4.79 Å². The van der Waals surface area contributed by atoms with Crippen LogP contribution < -0.4 is 5.73 Å². The zero-order chi connectivity index (χ0) is 9.97. The molecule has 4 nitrogen and oxygen atoms in total. The molecule has 0 aromatic rings. The van der Waals surface area contributed by atoms with Crippen molar-refractivity contribution in [3.8, 4) is 0 Å². The second-order valence-electron chi connectivity index (χ2n) is 4.35. The molecule has 0 bridgehead atoms. The summed E-state index contributed by atoms with van der Waals surface area (Å²) in [6, 6.07) is 0.0482. The Balaban J connectivity index is 1.81. The van der Waals surface area contributed by atoms with E-state index in [0.29, 0.717) is 12.3 Å². The molecule has 4 heteroatoms. The van der Waals surface area contributed by atoms with Gasteiger partial charge in [0, 0.05) is 32.2 Å².